The number of hydrogen-bond acceptors (Lipinski definition) is 1. The predicted octanol–water partition coefficient (Wildman–Crippen LogP) is 5.53. The minimum absolute atomic E-state index is 0.261. The maximum Gasteiger partial charge on any atom is 0.123 e. The van der Waals surface area contributed by atoms with E-state index in [0.29, 0.717) is 6.61 Å². The third kappa shape index (κ3) is 4.08. The highest BCUT2D eigenvalue weighted by molar-refractivity contribution is 9.10. The zero-order valence-electron chi connectivity index (χ0n) is 10.8. The van der Waals surface area contributed by atoms with Gasteiger partial charge in [-0.1, -0.05) is 62.2 Å². The second-order valence-electron chi connectivity index (χ2n) is 4.27. The van der Waals surface area contributed by atoms with E-state index >= 15 is 0 Å². The van der Waals surface area contributed by atoms with Gasteiger partial charge in [0.2, 0.25) is 0 Å². The fraction of sp³-hybridized carbons (Fsp3) is 0.250. The van der Waals surface area contributed by atoms with Crippen LogP contribution < -0.4 is 4.74 Å². The van der Waals surface area contributed by atoms with Crippen LogP contribution in [0.15, 0.2) is 53.0 Å². The predicted molar refractivity (Wildman–Crippen MR) is 87.1 cm³/mol. The zero-order valence-corrected chi connectivity index (χ0v) is 13.9. The van der Waals surface area contributed by atoms with Gasteiger partial charge in [-0.05, 0) is 37.1 Å². The molecular weight excluding hydrogens is 368 g/mol. The summed E-state index contributed by atoms with van der Waals surface area (Å²) in [6.45, 7) is 2.70. The summed E-state index contributed by atoms with van der Waals surface area (Å²) in [4.78, 5) is 0.261. The van der Waals surface area contributed by atoms with Crippen LogP contribution in [0.2, 0.25) is 0 Å². The number of ether oxygens (including phenoxy) is 1. The van der Waals surface area contributed by atoms with E-state index < -0.39 is 0 Å². The third-order valence-electron chi connectivity index (χ3n) is 2.88. The van der Waals surface area contributed by atoms with Gasteiger partial charge in [0.25, 0.3) is 0 Å². The van der Waals surface area contributed by atoms with Gasteiger partial charge in [-0.25, -0.2) is 0 Å². The van der Waals surface area contributed by atoms with E-state index in [1.54, 1.807) is 0 Å². The Balaban J connectivity index is 2.15. The summed E-state index contributed by atoms with van der Waals surface area (Å²) in [6.07, 6.45) is 0.942. The highest BCUT2D eigenvalue weighted by Crippen LogP contribution is 2.33. The number of para-hydroxylation sites is 1. The molecule has 0 saturated heterocycles. The Hall–Kier alpha value is -0.800. The van der Waals surface area contributed by atoms with E-state index in [1.807, 2.05) is 25.1 Å². The van der Waals surface area contributed by atoms with E-state index in [4.69, 9.17) is 4.74 Å². The first-order chi connectivity index (χ1) is 9.20. The molecule has 1 unspecified atom stereocenters. The Labute approximate surface area is 131 Å². The molecule has 0 bridgehead atoms. The molecule has 0 aliphatic rings. The molecule has 1 atom stereocenters. The van der Waals surface area contributed by atoms with Crippen molar-refractivity contribution in [1.29, 1.82) is 0 Å². The molecule has 3 heteroatoms. The van der Waals surface area contributed by atoms with E-state index in [2.05, 4.69) is 62.2 Å². The Bertz CT molecular complexity index is 523. The highest BCUT2D eigenvalue weighted by Gasteiger charge is 2.13. The number of hydrogen-bond donors (Lipinski definition) is 0. The molecule has 0 radical (unpaired) electrons. The van der Waals surface area contributed by atoms with Crippen molar-refractivity contribution in [3.63, 3.8) is 0 Å². The SMILES string of the molecule is CCOc1ccccc1C(Br)Cc1ccc(Br)cc1. The Morgan fingerprint density at radius 3 is 2.42 bits per heavy atom. The first kappa shape index (κ1) is 14.6. The van der Waals surface area contributed by atoms with Gasteiger partial charge in [-0.3, -0.25) is 0 Å². The van der Waals surface area contributed by atoms with Crippen LogP contribution in [0.25, 0.3) is 0 Å². The molecule has 2 aromatic carbocycles. The molecule has 0 spiro atoms. The average Bonchev–Trinajstić information content (AvgIpc) is 2.42. The van der Waals surface area contributed by atoms with Crippen LogP contribution in [0.5, 0.6) is 5.75 Å². The maximum absolute atomic E-state index is 5.68. The Morgan fingerprint density at radius 2 is 1.74 bits per heavy atom. The van der Waals surface area contributed by atoms with E-state index in [1.165, 1.54) is 11.1 Å². The van der Waals surface area contributed by atoms with E-state index in [0.717, 1.165) is 16.6 Å². The monoisotopic (exact) mass is 382 g/mol. The minimum Gasteiger partial charge on any atom is -0.494 e. The van der Waals surface area contributed by atoms with E-state index in [9.17, 15) is 0 Å². The maximum atomic E-state index is 5.68. The van der Waals surface area contributed by atoms with Gasteiger partial charge in [-0.2, -0.15) is 0 Å². The molecule has 2 aromatic rings. The quantitative estimate of drug-likeness (QED) is 0.617. The molecule has 0 N–H and O–H groups in total. The fourth-order valence-electron chi connectivity index (χ4n) is 1.96. The summed E-state index contributed by atoms with van der Waals surface area (Å²) in [5.41, 5.74) is 2.50. The molecule has 0 aliphatic carbocycles. The number of halogens is 2. The van der Waals surface area contributed by atoms with Crippen molar-refractivity contribution in [2.45, 2.75) is 18.2 Å². The van der Waals surface area contributed by atoms with Gasteiger partial charge in [0.15, 0.2) is 0 Å². The lowest BCUT2D eigenvalue weighted by Crippen LogP contribution is -2.00. The van der Waals surface area contributed by atoms with Crippen LogP contribution in [-0.2, 0) is 6.42 Å². The topological polar surface area (TPSA) is 9.23 Å². The average molecular weight is 384 g/mol. The van der Waals surface area contributed by atoms with Crippen molar-refractivity contribution in [2.75, 3.05) is 6.61 Å². The smallest absolute Gasteiger partial charge is 0.123 e. The Kier molecular flexibility index (Phi) is 5.46. The first-order valence-electron chi connectivity index (χ1n) is 6.31. The summed E-state index contributed by atoms with van der Waals surface area (Å²) in [7, 11) is 0. The summed E-state index contributed by atoms with van der Waals surface area (Å²) >= 11 is 7.23. The molecule has 0 heterocycles. The van der Waals surface area contributed by atoms with Crippen molar-refractivity contribution in [1.82, 2.24) is 0 Å². The molecule has 0 aliphatic heterocycles. The minimum atomic E-state index is 0.261. The molecule has 0 fully saturated rings. The summed E-state index contributed by atoms with van der Waals surface area (Å²) in [5, 5.41) is 0. The molecule has 0 aromatic heterocycles. The van der Waals surface area contributed by atoms with Gasteiger partial charge < -0.3 is 4.74 Å². The number of rotatable bonds is 5. The third-order valence-corrected chi connectivity index (χ3v) is 4.23. The number of benzene rings is 2. The second-order valence-corrected chi connectivity index (χ2v) is 6.29. The number of alkyl halides is 1. The molecule has 0 saturated carbocycles. The summed E-state index contributed by atoms with van der Waals surface area (Å²) in [5.74, 6) is 0.962. The molecule has 19 heavy (non-hydrogen) atoms. The lowest BCUT2D eigenvalue weighted by Gasteiger charge is -2.15. The van der Waals surface area contributed by atoms with Crippen molar-refractivity contribution >= 4 is 31.9 Å². The molecule has 100 valence electrons. The van der Waals surface area contributed by atoms with Gasteiger partial charge >= 0.3 is 0 Å². The fourth-order valence-corrected chi connectivity index (χ4v) is 2.98. The van der Waals surface area contributed by atoms with Gasteiger partial charge in [0, 0.05) is 14.9 Å². The lowest BCUT2D eigenvalue weighted by atomic mass is 10.0. The summed E-state index contributed by atoms with van der Waals surface area (Å²) < 4.78 is 6.79. The van der Waals surface area contributed by atoms with Crippen LogP contribution in [-0.4, -0.2) is 6.61 Å². The molecule has 1 nitrogen and oxygen atoms in total. The highest BCUT2D eigenvalue weighted by atomic mass is 79.9. The zero-order chi connectivity index (χ0) is 13.7. The van der Waals surface area contributed by atoms with Gasteiger partial charge in [0.05, 0.1) is 6.61 Å². The molecule has 0 amide bonds. The Morgan fingerprint density at radius 1 is 1.05 bits per heavy atom. The standard InChI is InChI=1S/C16H16Br2O/c1-2-19-16-6-4-3-5-14(16)15(18)11-12-7-9-13(17)10-8-12/h3-10,15H,2,11H2,1H3. The van der Waals surface area contributed by atoms with Crippen molar-refractivity contribution in [3.8, 4) is 5.75 Å². The van der Waals surface area contributed by atoms with Crippen molar-refractivity contribution < 1.29 is 4.74 Å². The lowest BCUT2D eigenvalue weighted by molar-refractivity contribution is 0.336. The van der Waals surface area contributed by atoms with Crippen LogP contribution in [0.1, 0.15) is 22.9 Å². The molecular formula is C16H16Br2O. The van der Waals surface area contributed by atoms with E-state index in [-0.39, 0.29) is 4.83 Å². The van der Waals surface area contributed by atoms with Crippen LogP contribution >= 0.6 is 31.9 Å². The first-order valence-corrected chi connectivity index (χ1v) is 8.01. The summed E-state index contributed by atoms with van der Waals surface area (Å²) in [6, 6.07) is 16.6. The van der Waals surface area contributed by atoms with Gasteiger partial charge in [-0.15, -0.1) is 0 Å². The van der Waals surface area contributed by atoms with Crippen LogP contribution in [0, 0.1) is 0 Å². The molecule has 2 rings (SSSR count). The van der Waals surface area contributed by atoms with Crippen LogP contribution in [0.3, 0.4) is 0 Å². The largest absolute Gasteiger partial charge is 0.494 e. The van der Waals surface area contributed by atoms with Crippen molar-refractivity contribution in [3.05, 3.63) is 64.1 Å². The van der Waals surface area contributed by atoms with Crippen LogP contribution in [0.4, 0.5) is 0 Å². The second kappa shape index (κ2) is 7.11. The van der Waals surface area contributed by atoms with Crippen molar-refractivity contribution in [2.24, 2.45) is 0 Å². The van der Waals surface area contributed by atoms with Gasteiger partial charge in [0.1, 0.15) is 5.75 Å². The normalized spacial score (nSPS) is 12.2.